The summed E-state index contributed by atoms with van der Waals surface area (Å²) < 4.78 is 0. The van der Waals surface area contributed by atoms with Crippen LogP contribution < -0.4 is 16.0 Å². The summed E-state index contributed by atoms with van der Waals surface area (Å²) in [4.78, 5) is 18.8. The number of likely N-dealkylation sites (tertiary alicyclic amines) is 1. The zero-order chi connectivity index (χ0) is 18.4. The Morgan fingerprint density at radius 1 is 1.26 bits per heavy atom. The van der Waals surface area contributed by atoms with E-state index in [9.17, 15) is 4.79 Å². The van der Waals surface area contributed by atoms with Crippen LogP contribution in [-0.4, -0.2) is 56.5 Å². The fraction of sp³-hybridized carbons (Fsp3) is 0.600. The van der Waals surface area contributed by atoms with Crippen LogP contribution in [0.1, 0.15) is 37.7 Å². The highest BCUT2D eigenvalue weighted by Crippen LogP contribution is 2.31. The molecule has 0 aliphatic carbocycles. The summed E-state index contributed by atoms with van der Waals surface area (Å²) in [6.07, 6.45) is 3.11. The van der Waals surface area contributed by atoms with E-state index in [0.29, 0.717) is 13.0 Å². The van der Waals surface area contributed by atoms with Crippen LogP contribution in [0.25, 0.3) is 0 Å². The number of rotatable bonds is 5. The largest absolute Gasteiger partial charge is 0.356 e. The minimum Gasteiger partial charge on any atom is -0.356 e. The van der Waals surface area contributed by atoms with Gasteiger partial charge in [0, 0.05) is 44.7 Å². The molecule has 1 fully saturated rings. The van der Waals surface area contributed by atoms with Crippen molar-refractivity contribution in [2.45, 2.75) is 32.1 Å². The van der Waals surface area contributed by atoms with E-state index in [-0.39, 0.29) is 35.8 Å². The number of para-hydroxylation sites is 1. The van der Waals surface area contributed by atoms with E-state index < -0.39 is 0 Å². The van der Waals surface area contributed by atoms with E-state index in [0.717, 1.165) is 30.7 Å². The number of aliphatic imine (C=N–C) groups is 1. The van der Waals surface area contributed by atoms with Crippen molar-refractivity contribution in [1.82, 2.24) is 15.5 Å². The minimum atomic E-state index is 0. The maximum Gasteiger partial charge on any atom is 0.225 e. The average molecular weight is 485 g/mol. The second kappa shape index (κ2) is 10.8. The number of hydrogen-bond acceptors (Lipinski definition) is 3. The summed E-state index contributed by atoms with van der Waals surface area (Å²) in [6.45, 7) is 7.36. The van der Waals surface area contributed by atoms with Crippen molar-refractivity contribution in [1.29, 1.82) is 0 Å². The van der Waals surface area contributed by atoms with Crippen molar-refractivity contribution < 1.29 is 4.79 Å². The molecule has 7 heteroatoms. The van der Waals surface area contributed by atoms with Crippen LogP contribution >= 0.6 is 24.0 Å². The average Bonchev–Trinajstić information content (AvgIpc) is 2.65. The maximum absolute atomic E-state index is 11.9. The third-order valence-electron chi connectivity index (χ3n) is 5.44. The molecule has 27 heavy (non-hydrogen) atoms. The first-order chi connectivity index (χ1) is 12.7. The topological polar surface area (TPSA) is 68.8 Å². The van der Waals surface area contributed by atoms with E-state index in [1.54, 1.807) is 7.05 Å². The molecular formula is C20H32IN5O. The number of halogens is 1. The van der Waals surface area contributed by atoms with E-state index in [1.165, 1.54) is 31.5 Å². The van der Waals surface area contributed by atoms with Crippen LogP contribution in [0.15, 0.2) is 29.3 Å². The zero-order valence-corrected chi connectivity index (χ0v) is 18.7. The number of nitrogens with one attached hydrogen (secondary N) is 3. The lowest BCUT2D eigenvalue weighted by molar-refractivity contribution is -0.116. The molecule has 1 aromatic carbocycles. The molecular weight excluding hydrogens is 453 g/mol. The molecule has 1 amide bonds. The first-order valence-electron chi connectivity index (χ1n) is 9.71. The molecule has 3 rings (SSSR count). The molecule has 2 heterocycles. The van der Waals surface area contributed by atoms with Crippen LogP contribution in [0, 0.1) is 5.92 Å². The van der Waals surface area contributed by atoms with Crippen molar-refractivity contribution in [3.63, 3.8) is 0 Å². The van der Waals surface area contributed by atoms with Crippen molar-refractivity contribution in [2.24, 2.45) is 10.9 Å². The number of fused-ring (bicyclic) bond motifs is 1. The Labute approximate surface area is 179 Å². The summed E-state index contributed by atoms with van der Waals surface area (Å²) in [7, 11) is 1.79. The van der Waals surface area contributed by atoms with Crippen molar-refractivity contribution >= 4 is 41.5 Å². The molecule has 1 atom stereocenters. The van der Waals surface area contributed by atoms with Gasteiger partial charge in [0.15, 0.2) is 5.96 Å². The number of guanidine groups is 1. The van der Waals surface area contributed by atoms with Crippen LogP contribution in [0.2, 0.25) is 0 Å². The Morgan fingerprint density at radius 3 is 2.74 bits per heavy atom. The standard InChI is InChI=1S/C20H31N5O.HI/c1-15-7-10-25(11-8-15)12-9-22-20(21-2)23-14-16-13-19(26)24-18-6-4-3-5-17(16)18;/h3-6,15-16H,7-14H2,1-2H3,(H,24,26)(H2,21,22,23);1H. The molecule has 2 aliphatic heterocycles. The molecule has 1 unspecified atom stereocenters. The first kappa shape index (κ1) is 21.9. The third-order valence-corrected chi connectivity index (χ3v) is 5.44. The lowest BCUT2D eigenvalue weighted by atomic mass is 9.90. The highest BCUT2D eigenvalue weighted by atomic mass is 127. The molecule has 1 saturated heterocycles. The molecule has 3 N–H and O–H groups in total. The van der Waals surface area contributed by atoms with Crippen molar-refractivity contribution in [3.05, 3.63) is 29.8 Å². The van der Waals surface area contributed by atoms with E-state index >= 15 is 0 Å². The van der Waals surface area contributed by atoms with Gasteiger partial charge in [-0.05, 0) is 43.5 Å². The van der Waals surface area contributed by atoms with Gasteiger partial charge in [0.2, 0.25) is 5.91 Å². The summed E-state index contributed by atoms with van der Waals surface area (Å²) in [5, 5.41) is 9.73. The number of piperidine rings is 1. The van der Waals surface area contributed by atoms with Crippen LogP contribution in [-0.2, 0) is 4.79 Å². The predicted molar refractivity (Wildman–Crippen MR) is 122 cm³/mol. The molecule has 0 saturated carbocycles. The van der Waals surface area contributed by atoms with Gasteiger partial charge in [-0.2, -0.15) is 0 Å². The zero-order valence-electron chi connectivity index (χ0n) is 16.3. The first-order valence-corrected chi connectivity index (χ1v) is 9.71. The fourth-order valence-electron chi connectivity index (χ4n) is 3.74. The number of nitrogens with zero attached hydrogens (tertiary/aromatic N) is 2. The second-order valence-corrected chi connectivity index (χ2v) is 7.44. The van der Waals surface area contributed by atoms with Crippen LogP contribution in [0.3, 0.4) is 0 Å². The number of carbonyl (C=O) groups excluding carboxylic acids is 1. The van der Waals surface area contributed by atoms with Gasteiger partial charge in [-0.3, -0.25) is 9.79 Å². The highest BCUT2D eigenvalue weighted by Gasteiger charge is 2.24. The van der Waals surface area contributed by atoms with Gasteiger partial charge in [0.05, 0.1) is 0 Å². The van der Waals surface area contributed by atoms with Gasteiger partial charge in [-0.15, -0.1) is 24.0 Å². The van der Waals surface area contributed by atoms with E-state index in [4.69, 9.17) is 0 Å². The summed E-state index contributed by atoms with van der Waals surface area (Å²) in [6, 6.07) is 8.03. The quantitative estimate of drug-likeness (QED) is 0.341. The predicted octanol–water partition coefficient (Wildman–Crippen LogP) is 2.63. The molecule has 150 valence electrons. The number of hydrogen-bond donors (Lipinski definition) is 3. The summed E-state index contributed by atoms with van der Waals surface area (Å²) in [5.74, 6) is 1.92. The minimum absolute atomic E-state index is 0. The van der Waals surface area contributed by atoms with Crippen molar-refractivity contribution in [2.75, 3.05) is 45.1 Å². The molecule has 0 aromatic heterocycles. The Morgan fingerprint density at radius 2 is 2.00 bits per heavy atom. The normalized spacial score (nSPS) is 21.0. The number of carbonyl (C=O) groups is 1. The highest BCUT2D eigenvalue weighted by molar-refractivity contribution is 14.0. The molecule has 0 radical (unpaired) electrons. The number of anilines is 1. The third kappa shape index (κ3) is 6.34. The molecule has 0 spiro atoms. The Kier molecular flexibility index (Phi) is 8.82. The van der Waals surface area contributed by atoms with Gasteiger partial charge in [-0.1, -0.05) is 25.1 Å². The lowest BCUT2D eigenvalue weighted by Crippen LogP contribution is -2.44. The van der Waals surface area contributed by atoms with Crippen LogP contribution in [0.4, 0.5) is 5.69 Å². The second-order valence-electron chi connectivity index (χ2n) is 7.44. The smallest absolute Gasteiger partial charge is 0.225 e. The van der Waals surface area contributed by atoms with Gasteiger partial charge in [0.1, 0.15) is 0 Å². The Bertz CT molecular complexity index is 643. The monoisotopic (exact) mass is 485 g/mol. The maximum atomic E-state index is 11.9. The molecule has 6 nitrogen and oxygen atoms in total. The molecule has 0 bridgehead atoms. The number of benzene rings is 1. The van der Waals surface area contributed by atoms with Gasteiger partial charge < -0.3 is 20.9 Å². The summed E-state index contributed by atoms with van der Waals surface area (Å²) >= 11 is 0. The fourth-order valence-corrected chi connectivity index (χ4v) is 3.74. The van der Waals surface area contributed by atoms with Gasteiger partial charge in [0.25, 0.3) is 0 Å². The van der Waals surface area contributed by atoms with Gasteiger partial charge >= 0.3 is 0 Å². The Hall–Kier alpha value is -1.35. The van der Waals surface area contributed by atoms with Crippen molar-refractivity contribution in [3.8, 4) is 0 Å². The van der Waals surface area contributed by atoms with E-state index in [1.807, 2.05) is 18.2 Å². The molecule has 1 aromatic rings. The number of amides is 1. The Balaban J connectivity index is 0.00000261. The van der Waals surface area contributed by atoms with Gasteiger partial charge in [-0.25, -0.2) is 0 Å². The van der Waals surface area contributed by atoms with Crippen LogP contribution in [0.5, 0.6) is 0 Å². The molecule has 2 aliphatic rings. The van der Waals surface area contributed by atoms with E-state index in [2.05, 4.69) is 38.8 Å². The SMILES string of the molecule is CN=C(NCCN1CCC(C)CC1)NCC1CC(=O)Nc2ccccc21.I. The lowest BCUT2D eigenvalue weighted by Gasteiger charge is -2.30. The summed E-state index contributed by atoms with van der Waals surface area (Å²) in [5.41, 5.74) is 2.12.